The van der Waals surface area contributed by atoms with Crippen LogP contribution in [0.4, 0.5) is 16.2 Å². The molecule has 9 nitrogen and oxygen atoms in total. The molecule has 2 N–H and O–H groups in total. The van der Waals surface area contributed by atoms with Gasteiger partial charge >= 0.3 is 6.03 Å². The second-order valence-corrected chi connectivity index (χ2v) is 7.73. The van der Waals surface area contributed by atoms with Gasteiger partial charge in [0, 0.05) is 49.2 Å². The van der Waals surface area contributed by atoms with Crippen LogP contribution in [0.25, 0.3) is 0 Å². The first-order valence-corrected chi connectivity index (χ1v) is 10.6. The second kappa shape index (κ2) is 9.69. The number of hydrogen-bond acceptors (Lipinski definition) is 7. The average Bonchev–Trinajstić information content (AvgIpc) is 2.79. The minimum atomic E-state index is -0.587. The van der Waals surface area contributed by atoms with Crippen LogP contribution in [0.5, 0.6) is 11.5 Å². The van der Waals surface area contributed by atoms with Crippen LogP contribution in [0.3, 0.4) is 0 Å². The zero-order valence-corrected chi connectivity index (χ0v) is 17.9. The molecule has 2 aliphatic rings. The van der Waals surface area contributed by atoms with Gasteiger partial charge in [0.25, 0.3) is 0 Å². The lowest BCUT2D eigenvalue weighted by molar-refractivity contribution is -0.121. The van der Waals surface area contributed by atoms with Crippen molar-refractivity contribution in [2.45, 2.75) is 6.92 Å². The third-order valence-electron chi connectivity index (χ3n) is 5.43. The largest absolute Gasteiger partial charge is 0.486 e. The molecule has 0 aliphatic carbocycles. The van der Waals surface area contributed by atoms with Crippen molar-refractivity contribution >= 4 is 29.1 Å². The SMILES string of the molecule is CC(=O)c1ccc(N2CCN(CC(=O)NC(=O)Nc3ccc4c(c3)OCCO4)CC2)cc1. The Labute approximate surface area is 186 Å². The first-order chi connectivity index (χ1) is 15.5. The van der Waals surface area contributed by atoms with E-state index in [0.29, 0.717) is 49.1 Å². The van der Waals surface area contributed by atoms with Gasteiger partial charge in [0.1, 0.15) is 13.2 Å². The predicted octanol–water partition coefficient (Wildman–Crippen LogP) is 2.13. The highest BCUT2D eigenvalue weighted by Gasteiger charge is 2.20. The molecule has 1 fully saturated rings. The Hall–Kier alpha value is -3.59. The zero-order valence-electron chi connectivity index (χ0n) is 17.9. The van der Waals surface area contributed by atoms with Crippen molar-refractivity contribution in [2.75, 3.05) is 56.2 Å². The Kier molecular flexibility index (Phi) is 6.55. The highest BCUT2D eigenvalue weighted by Crippen LogP contribution is 2.32. The Balaban J connectivity index is 1.22. The molecule has 3 amide bonds. The van der Waals surface area contributed by atoms with E-state index >= 15 is 0 Å². The quantitative estimate of drug-likeness (QED) is 0.690. The fraction of sp³-hybridized carbons (Fsp3) is 0.348. The summed E-state index contributed by atoms with van der Waals surface area (Å²) in [6.45, 7) is 5.57. The van der Waals surface area contributed by atoms with E-state index in [4.69, 9.17) is 9.47 Å². The Morgan fingerprint density at radius 1 is 0.906 bits per heavy atom. The third kappa shape index (κ3) is 5.36. The number of piperazine rings is 1. The molecule has 168 valence electrons. The summed E-state index contributed by atoms with van der Waals surface area (Å²) < 4.78 is 10.9. The maximum atomic E-state index is 12.3. The summed E-state index contributed by atoms with van der Waals surface area (Å²) in [5.74, 6) is 0.881. The molecule has 9 heteroatoms. The number of imide groups is 1. The standard InChI is InChI=1S/C23H26N4O5/c1-16(28)17-2-5-19(6-3-17)27-10-8-26(9-11-27)15-22(29)25-23(30)24-18-4-7-20-21(14-18)32-13-12-31-20/h2-7,14H,8-13,15H2,1H3,(H2,24,25,29,30). The zero-order chi connectivity index (χ0) is 22.5. The molecule has 0 atom stereocenters. The van der Waals surface area contributed by atoms with Gasteiger partial charge in [-0.25, -0.2) is 4.79 Å². The van der Waals surface area contributed by atoms with Gasteiger partial charge in [0.15, 0.2) is 17.3 Å². The number of hydrogen-bond donors (Lipinski definition) is 2. The van der Waals surface area contributed by atoms with Gasteiger partial charge in [0.05, 0.1) is 6.54 Å². The van der Waals surface area contributed by atoms with Gasteiger partial charge in [-0.3, -0.25) is 19.8 Å². The molecular weight excluding hydrogens is 412 g/mol. The maximum Gasteiger partial charge on any atom is 0.325 e. The Morgan fingerprint density at radius 3 is 2.28 bits per heavy atom. The number of Topliss-reactive ketones (excluding diaryl/α,β-unsaturated/α-hetero) is 1. The number of carbonyl (C=O) groups excluding carboxylic acids is 3. The van der Waals surface area contributed by atoms with Gasteiger partial charge in [-0.15, -0.1) is 0 Å². The number of benzene rings is 2. The molecule has 32 heavy (non-hydrogen) atoms. The van der Waals surface area contributed by atoms with Crippen molar-refractivity contribution in [3.05, 3.63) is 48.0 Å². The maximum absolute atomic E-state index is 12.3. The van der Waals surface area contributed by atoms with E-state index in [1.165, 1.54) is 0 Å². The summed E-state index contributed by atoms with van der Waals surface area (Å²) in [6, 6.07) is 12.0. The summed E-state index contributed by atoms with van der Waals surface area (Å²) in [4.78, 5) is 40.1. The summed E-state index contributed by atoms with van der Waals surface area (Å²) in [5, 5.41) is 5.01. The van der Waals surface area contributed by atoms with Crippen LogP contribution in [-0.4, -0.2) is 68.6 Å². The van der Waals surface area contributed by atoms with Gasteiger partial charge in [0.2, 0.25) is 5.91 Å². The van der Waals surface area contributed by atoms with E-state index in [2.05, 4.69) is 15.5 Å². The van der Waals surface area contributed by atoms with E-state index in [1.54, 1.807) is 25.1 Å². The van der Waals surface area contributed by atoms with Gasteiger partial charge < -0.3 is 19.7 Å². The van der Waals surface area contributed by atoms with E-state index < -0.39 is 6.03 Å². The second-order valence-electron chi connectivity index (χ2n) is 7.73. The third-order valence-corrected chi connectivity index (χ3v) is 5.43. The van der Waals surface area contributed by atoms with Gasteiger partial charge in [-0.2, -0.15) is 0 Å². The van der Waals surface area contributed by atoms with Crippen LogP contribution in [-0.2, 0) is 4.79 Å². The number of anilines is 2. The van der Waals surface area contributed by atoms with Crippen LogP contribution >= 0.6 is 0 Å². The van der Waals surface area contributed by atoms with Crippen molar-refractivity contribution in [2.24, 2.45) is 0 Å². The number of rotatable bonds is 5. The fourth-order valence-electron chi connectivity index (χ4n) is 3.72. The lowest BCUT2D eigenvalue weighted by Gasteiger charge is -2.35. The number of nitrogens with zero attached hydrogens (tertiary/aromatic N) is 2. The average molecular weight is 438 g/mol. The number of urea groups is 1. The fourth-order valence-corrected chi connectivity index (χ4v) is 3.72. The molecule has 2 aromatic carbocycles. The van der Waals surface area contributed by atoms with Crippen molar-refractivity contribution in [1.82, 2.24) is 10.2 Å². The van der Waals surface area contributed by atoms with E-state index in [0.717, 1.165) is 18.8 Å². The Bertz CT molecular complexity index is 1000. The number of amides is 3. The predicted molar refractivity (Wildman–Crippen MR) is 120 cm³/mol. The minimum absolute atomic E-state index is 0.0467. The lowest BCUT2D eigenvalue weighted by Crippen LogP contribution is -2.50. The molecular formula is C23H26N4O5. The number of carbonyl (C=O) groups is 3. The summed E-state index contributed by atoms with van der Waals surface area (Å²) in [7, 11) is 0. The number of ether oxygens (including phenoxy) is 2. The number of ketones is 1. The molecule has 2 aromatic rings. The van der Waals surface area contributed by atoms with Crippen molar-refractivity contribution < 1.29 is 23.9 Å². The number of nitrogens with one attached hydrogen (secondary N) is 2. The first kappa shape index (κ1) is 21.6. The summed E-state index contributed by atoms with van der Waals surface area (Å²) in [6.07, 6.45) is 0. The molecule has 1 saturated heterocycles. The van der Waals surface area contributed by atoms with Gasteiger partial charge in [-0.1, -0.05) is 0 Å². The molecule has 0 spiro atoms. The van der Waals surface area contributed by atoms with Crippen molar-refractivity contribution in [3.63, 3.8) is 0 Å². The molecule has 4 rings (SSSR count). The molecule has 0 radical (unpaired) electrons. The van der Waals surface area contributed by atoms with Crippen LogP contribution in [0.15, 0.2) is 42.5 Å². The highest BCUT2D eigenvalue weighted by molar-refractivity contribution is 6.01. The van der Waals surface area contributed by atoms with Crippen molar-refractivity contribution in [1.29, 1.82) is 0 Å². The summed E-state index contributed by atoms with van der Waals surface area (Å²) >= 11 is 0. The molecule has 2 aliphatic heterocycles. The smallest absolute Gasteiger partial charge is 0.325 e. The highest BCUT2D eigenvalue weighted by atomic mass is 16.6. The van der Waals surface area contributed by atoms with E-state index in [-0.39, 0.29) is 18.2 Å². The number of fused-ring (bicyclic) bond motifs is 1. The van der Waals surface area contributed by atoms with Crippen LogP contribution in [0.1, 0.15) is 17.3 Å². The molecule has 0 bridgehead atoms. The lowest BCUT2D eigenvalue weighted by atomic mass is 10.1. The van der Waals surface area contributed by atoms with Crippen molar-refractivity contribution in [3.8, 4) is 11.5 Å². The minimum Gasteiger partial charge on any atom is -0.486 e. The molecule has 0 unspecified atom stereocenters. The van der Waals surface area contributed by atoms with E-state index in [1.807, 2.05) is 29.2 Å². The van der Waals surface area contributed by atoms with Crippen LogP contribution in [0, 0.1) is 0 Å². The Morgan fingerprint density at radius 2 is 1.59 bits per heavy atom. The van der Waals surface area contributed by atoms with E-state index in [9.17, 15) is 14.4 Å². The topological polar surface area (TPSA) is 100 Å². The molecule has 2 heterocycles. The van der Waals surface area contributed by atoms with Gasteiger partial charge in [-0.05, 0) is 43.3 Å². The summed E-state index contributed by atoms with van der Waals surface area (Å²) in [5.41, 5.74) is 2.26. The first-order valence-electron chi connectivity index (χ1n) is 10.6. The normalized spacial score (nSPS) is 15.7. The molecule has 0 aromatic heterocycles. The van der Waals surface area contributed by atoms with Crippen LogP contribution in [0.2, 0.25) is 0 Å². The van der Waals surface area contributed by atoms with Crippen LogP contribution < -0.4 is 25.0 Å². The molecule has 0 saturated carbocycles. The monoisotopic (exact) mass is 438 g/mol.